The van der Waals surface area contributed by atoms with E-state index < -0.39 is 11.5 Å². The Morgan fingerprint density at radius 2 is 1.87 bits per heavy atom. The van der Waals surface area contributed by atoms with E-state index in [0.29, 0.717) is 0 Å². The third kappa shape index (κ3) is 3.42. The zero-order valence-electron chi connectivity index (χ0n) is 9.01. The maximum Gasteiger partial charge on any atom is 0.314 e. The molecule has 0 aromatic carbocycles. The summed E-state index contributed by atoms with van der Waals surface area (Å²) in [5, 5.41) is 14.1. The highest BCUT2D eigenvalue weighted by Crippen LogP contribution is 2.30. The van der Waals surface area contributed by atoms with Crippen LogP contribution >= 0.6 is 0 Å². The molecule has 1 fully saturated rings. The van der Waals surface area contributed by atoms with Gasteiger partial charge in [0.1, 0.15) is 0 Å². The van der Waals surface area contributed by atoms with E-state index in [9.17, 15) is 9.59 Å². The summed E-state index contributed by atoms with van der Waals surface area (Å²) in [6, 6.07) is -0.293. The van der Waals surface area contributed by atoms with Gasteiger partial charge in [0, 0.05) is 7.05 Å². The van der Waals surface area contributed by atoms with Gasteiger partial charge >= 0.3 is 12.0 Å². The third-order valence-electron chi connectivity index (χ3n) is 2.91. The van der Waals surface area contributed by atoms with Gasteiger partial charge in [-0.05, 0) is 12.8 Å². The van der Waals surface area contributed by atoms with E-state index in [0.717, 1.165) is 32.1 Å². The summed E-state index contributed by atoms with van der Waals surface area (Å²) >= 11 is 0. The maximum atomic E-state index is 11.3. The minimum atomic E-state index is -0.853. The van der Waals surface area contributed by atoms with Crippen molar-refractivity contribution in [2.24, 2.45) is 0 Å². The van der Waals surface area contributed by atoms with Crippen LogP contribution < -0.4 is 10.6 Å². The first-order valence-corrected chi connectivity index (χ1v) is 5.30. The molecular formula is C10H18N2O3. The highest BCUT2D eigenvalue weighted by Gasteiger charge is 2.35. The van der Waals surface area contributed by atoms with Gasteiger partial charge in [0.15, 0.2) is 0 Å². The lowest BCUT2D eigenvalue weighted by atomic mass is 9.79. The average molecular weight is 214 g/mol. The third-order valence-corrected chi connectivity index (χ3v) is 2.91. The molecule has 0 radical (unpaired) electrons. The first kappa shape index (κ1) is 11.8. The average Bonchev–Trinajstić information content (AvgIpc) is 2.17. The van der Waals surface area contributed by atoms with E-state index in [4.69, 9.17) is 5.11 Å². The molecule has 0 aromatic rings. The van der Waals surface area contributed by atoms with Crippen LogP contribution in [0.15, 0.2) is 0 Å². The zero-order valence-corrected chi connectivity index (χ0v) is 9.01. The van der Waals surface area contributed by atoms with Crippen molar-refractivity contribution < 1.29 is 14.7 Å². The lowest BCUT2D eigenvalue weighted by Crippen LogP contribution is -2.53. The largest absolute Gasteiger partial charge is 0.481 e. The van der Waals surface area contributed by atoms with Crippen LogP contribution in [0.25, 0.3) is 0 Å². The lowest BCUT2D eigenvalue weighted by molar-refractivity contribution is -0.139. The van der Waals surface area contributed by atoms with E-state index in [2.05, 4.69) is 10.6 Å². The van der Waals surface area contributed by atoms with E-state index in [1.165, 1.54) is 7.05 Å². The Hall–Kier alpha value is -1.26. The molecule has 0 saturated heterocycles. The predicted molar refractivity (Wildman–Crippen MR) is 55.7 cm³/mol. The molecular weight excluding hydrogens is 196 g/mol. The first-order valence-electron chi connectivity index (χ1n) is 5.30. The topological polar surface area (TPSA) is 78.4 Å². The molecule has 5 nitrogen and oxygen atoms in total. The molecule has 86 valence electrons. The monoisotopic (exact) mass is 214 g/mol. The summed E-state index contributed by atoms with van der Waals surface area (Å²) in [6.07, 6.45) is 4.62. The Morgan fingerprint density at radius 3 is 2.33 bits per heavy atom. The van der Waals surface area contributed by atoms with Gasteiger partial charge in [-0.3, -0.25) is 4.79 Å². The SMILES string of the molecule is CNC(=O)NC1(CC(=O)O)CCCCC1. The standard InChI is InChI=1S/C10H18N2O3/c1-11-9(15)12-10(7-8(13)14)5-3-2-4-6-10/h2-7H2,1H3,(H,13,14)(H2,11,12,15). The minimum absolute atomic E-state index is 0.0143. The van der Waals surface area contributed by atoms with E-state index >= 15 is 0 Å². The fourth-order valence-corrected chi connectivity index (χ4v) is 2.17. The van der Waals surface area contributed by atoms with Crippen LogP contribution in [0.2, 0.25) is 0 Å². The smallest absolute Gasteiger partial charge is 0.314 e. The number of amides is 2. The summed E-state index contributed by atoms with van der Waals surface area (Å²) < 4.78 is 0. The van der Waals surface area contributed by atoms with Gasteiger partial charge in [-0.2, -0.15) is 0 Å². The molecule has 1 aliphatic carbocycles. The number of aliphatic carboxylic acids is 1. The number of nitrogens with one attached hydrogen (secondary N) is 2. The fraction of sp³-hybridized carbons (Fsp3) is 0.800. The molecule has 0 heterocycles. The Kier molecular flexibility index (Phi) is 3.94. The van der Waals surface area contributed by atoms with E-state index in [1.807, 2.05) is 0 Å². The van der Waals surface area contributed by atoms with Gasteiger partial charge in [0.2, 0.25) is 0 Å². The number of hydrogen-bond acceptors (Lipinski definition) is 2. The van der Waals surface area contributed by atoms with Gasteiger partial charge in [-0.15, -0.1) is 0 Å². The lowest BCUT2D eigenvalue weighted by Gasteiger charge is -2.36. The molecule has 1 rings (SSSR count). The Morgan fingerprint density at radius 1 is 1.27 bits per heavy atom. The van der Waals surface area contributed by atoms with Crippen molar-refractivity contribution in [3.05, 3.63) is 0 Å². The molecule has 1 aliphatic rings. The van der Waals surface area contributed by atoms with Crippen LogP contribution in [0.3, 0.4) is 0 Å². The van der Waals surface area contributed by atoms with Crippen molar-refractivity contribution in [2.45, 2.75) is 44.1 Å². The number of carbonyl (C=O) groups is 2. The molecule has 15 heavy (non-hydrogen) atoms. The van der Waals surface area contributed by atoms with Gasteiger partial charge in [0.05, 0.1) is 12.0 Å². The van der Waals surface area contributed by atoms with Crippen LogP contribution in [0, 0.1) is 0 Å². The van der Waals surface area contributed by atoms with Gasteiger partial charge in [-0.25, -0.2) is 4.79 Å². The zero-order chi connectivity index (χ0) is 11.3. The first-order chi connectivity index (χ1) is 7.08. The number of rotatable bonds is 3. The Labute approximate surface area is 89.2 Å². The van der Waals surface area contributed by atoms with Crippen molar-refractivity contribution in [2.75, 3.05) is 7.05 Å². The molecule has 1 saturated carbocycles. The molecule has 5 heteroatoms. The summed E-state index contributed by atoms with van der Waals surface area (Å²) in [4.78, 5) is 22.0. The van der Waals surface area contributed by atoms with E-state index in [-0.39, 0.29) is 12.5 Å². The van der Waals surface area contributed by atoms with Crippen LogP contribution in [0.4, 0.5) is 4.79 Å². The number of carboxylic acid groups (broad SMARTS) is 1. The van der Waals surface area contributed by atoms with Crippen molar-refractivity contribution in [1.82, 2.24) is 10.6 Å². The molecule has 0 atom stereocenters. The maximum absolute atomic E-state index is 11.3. The Balaban J connectivity index is 2.65. The van der Waals surface area contributed by atoms with Crippen LogP contribution in [0.1, 0.15) is 38.5 Å². The predicted octanol–water partition coefficient (Wildman–Crippen LogP) is 1.09. The number of urea groups is 1. The van der Waals surface area contributed by atoms with Gasteiger partial charge in [-0.1, -0.05) is 19.3 Å². The molecule has 0 unspecified atom stereocenters. The summed E-state index contributed by atoms with van der Waals surface area (Å²) in [5.74, 6) is -0.853. The van der Waals surface area contributed by atoms with Crippen LogP contribution in [-0.2, 0) is 4.79 Å². The molecule has 2 amide bonds. The number of hydrogen-bond donors (Lipinski definition) is 3. The second-order valence-electron chi connectivity index (χ2n) is 4.12. The molecule has 0 aliphatic heterocycles. The normalized spacial score (nSPS) is 19.3. The fourth-order valence-electron chi connectivity index (χ4n) is 2.17. The van der Waals surface area contributed by atoms with Gasteiger partial charge in [0.25, 0.3) is 0 Å². The molecule has 0 aromatic heterocycles. The van der Waals surface area contributed by atoms with Crippen LogP contribution in [0.5, 0.6) is 0 Å². The van der Waals surface area contributed by atoms with Crippen molar-refractivity contribution in [3.8, 4) is 0 Å². The van der Waals surface area contributed by atoms with Crippen molar-refractivity contribution in [3.63, 3.8) is 0 Å². The highest BCUT2D eigenvalue weighted by atomic mass is 16.4. The van der Waals surface area contributed by atoms with Gasteiger partial charge < -0.3 is 15.7 Å². The summed E-state index contributed by atoms with van der Waals surface area (Å²) in [7, 11) is 1.53. The van der Waals surface area contributed by atoms with Crippen LogP contribution in [-0.4, -0.2) is 29.7 Å². The second-order valence-corrected chi connectivity index (χ2v) is 4.12. The van der Waals surface area contributed by atoms with Crippen molar-refractivity contribution in [1.29, 1.82) is 0 Å². The highest BCUT2D eigenvalue weighted by molar-refractivity contribution is 5.76. The number of carboxylic acids is 1. The minimum Gasteiger partial charge on any atom is -0.481 e. The molecule has 0 bridgehead atoms. The second kappa shape index (κ2) is 5.00. The van der Waals surface area contributed by atoms with E-state index in [1.54, 1.807) is 0 Å². The summed E-state index contributed by atoms with van der Waals surface area (Å²) in [6.45, 7) is 0. The molecule has 0 spiro atoms. The number of carbonyl (C=O) groups excluding carboxylic acids is 1. The Bertz CT molecular complexity index is 247. The van der Waals surface area contributed by atoms with Crippen molar-refractivity contribution >= 4 is 12.0 Å². The molecule has 3 N–H and O–H groups in total. The summed E-state index contributed by atoms with van der Waals surface area (Å²) in [5.41, 5.74) is -0.538. The quantitative estimate of drug-likeness (QED) is 0.658.